The zero-order chi connectivity index (χ0) is 14.8. The number of rotatable bonds is 3. The number of fused-ring (bicyclic) bond motifs is 1. The molecule has 0 spiro atoms. The Morgan fingerprint density at radius 3 is 3.00 bits per heavy atom. The Labute approximate surface area is 123 Å². The van der Waals surface area contributed by atoms with E-state index in [0.717, 1.165) is 23.6 Å². The van der Waals surface area contributed by atoms with E-state index in [1.165, 1.54) is 0 Å². The van der Waals surface area contributed by atoms with Gasteiger partial charge >= 0.3 is 0 Å². The summed E-state index contributed by atoms with van der Waals surface area (Å²) in [6.45, 7) is 3.74. The van der Waals surface area contributed by atoms with E-state index in [4.69, 9.17) is 9.15 Å². The van der Waals surface area contributed by atoms with Gasteiger partial charge < -0.3 is 19.4 Å². The van der Waals surface area contributed by atoms with Gasteiger partial charge in [-0.15, -0.1) is 0 Å². The van der Waals surface area contributed by atoms with E-state index in [9.17, 15) is 4.79 Å². The molecule has 5 nitrogen and oxygen atoms in total. The lowest BCUT2D eigenvalue weighted by molar-refractivity contribution is 0.0780. The minimum atomic E-state index is -0.0591. The smallest absolute Gasteiger partial charge is 0.257 e. The number of aryl methyl sites for hydroxylation is 1. The van der Waals surface area contributed by atoms with Crippen molar-refractivity contribution in [3.8, 4) is 5.75 Å². The molecule has 0 bridgehead atoms. The summed E-state index contributed by atoms with van der Waals surface area (Å²) in [6.07, 6.45) is 1.64. The molecule has 0 unspecified atom stereocenters. The lowest BCUT2D eigenvalue weighted by Crippen LogP contribution is -2.28. The number of benzene rings is 1. The highest BCUT2D eigenvalue weighted by Gasteiger charge is 2.22. The van der Waals surface area contributed by atoms with Crippen LogP contribution >= 0.6 is 0 Å². The van der Waals surface area contributed by atoms with Crippen LogP contribution in [0.25, 0.3) is 0 Å². The Hall–Kier alpha value is -2.43. The number of nitrogens with zero attached hydrogens (tertiary/aromatic N) is 1. The number of amides is 1. The third kappa shape index (κ3) is 2.59. The van der Waals surface area contributed by atoms with Crippen molar-refractivity contribution in [2.75, 3.05) is 25.5 Å². The normalized spacial score (nSPS) is 13.0. The van der Waals surface area contributed by atoms with E-state index in [1.54, 1.807) is 24.3 Å². The molecule has 1 N–H and O–H groups in total. The molecule has 2 aromatic rings. The first-order chi connectivity index (χ1) is 10.2. The van der Waals surface area contributed by atoms with Crippen LogP contribution in [-0.4, -0.2) is 31.0 Å². The van der Waals surface area contributed by atoms with Crippen LogP contribution < -0.4 is 10.1 Å². The Morgan fingerprint density at radius 2 is 2.24 bits per heavy atom. The van der Waals surface area contributed by atoms with E-state index in [-0.39, 0.29) is 5.91 Å². The molecule has 3 rings (SSSR count). The zero-order valence-corrected chi connectivity index (χ0v) is 12.2. The first-order valence-electron chi connectivity index (χ1n) is 6.95. The number of carbonyl (C=O) groups is 1. The van der Waals surface area contributed by atoms with E-state index in [1.807, 2.05) is 25.1 Å². The van der Waals surface area contributed by atoms with Gasteiger partial charge in [-0.05, 0) is 25.1 Å². The molecule has 0 aliphatic carbocycles. The maximum atomic E-state index is 12.6. The van der Waals surface area contributed by atoms with Crippen molar-refractivity contribution in [2.45, 2.75) is 13.5 Å². The quantitative estimate of drug-likeness (QED) is 0.942. The zero-order valence-electron chi connectivity index (χ0n) is 12.2. The van der Waals surface area contributed by atoms with Crippen molar-refractivity contribution < 1.29 is 13.9 Å². The maximum Gasteiger partial charge on any atom is 0.257 e. The molecule has 0 fully saturated rings. The molecule has 1 amide bonds. The molecule has 110 valence electrons. The molecule has 1 aliphatic rings. The van der Waals surface area contributed by atoms with Crippen molar-refractivity contribution in [1.29, 1.82) is 0 Å². The summed E-state index contributed by atoms with van der Waals surface area (Å²) in [6, 6.07) is 7.47. The predicted molar refractivity (Wildman–Crippen MR) is 79.7 cm³/mol. The molecule has 0 saturated heterocycles. The first-order valence-corrected chi connectivity index (χ1v) is 6.95. The molecule has 0 saturated carbocycles. The third-order valence-corrected chi connectivity index (χ3v) is 3.63. The summed E-state index contributed by atoms with van der Waals surface area (Å²) in [5.74, 6) is 1.42. The summed E-state index contributed by atoms with van der Waals surface area (Å²) >= 11 is 0. The van der Waals surface area contributed by atoms with Gasteiger partial charge in [-0.1, -0.05) is 6.07 Å². The lowest BCUT2D eigenvalue weighted by atomic mass is 10.1. The van der Waals surface area contributed by atoms with Gasteiger partial charge in [0.05, 0.1) is 17.5 Å². The average molecular weight is 286 g/mol. The van der Waals surface area contributed by atoms with E-state index >= 15 is 0 Å². The van der Waals surface area contributed by atoms with Crippen molar-refractivity contribution in [1.82, 2.24) is 4.90 Å². The largest absolute Gasteiger partial charge is 0.489 e. The minimum absolute atomic E-state index is 0.0591. The van der Waals surface area contributed by atoms with E-state index in [2.05, 4.69) is 5.32 Å². The van der Waals surface area contributed by atoms with Crippen LogP contribution in [0.2, 0.25) is 0 Å². The molecular weight excluding hydrogens is 268 g/mol. The van der Waals surface area contributed by atoms with Gasteiger partial charge in [-0.3, -0.25) is 4.79 Å². The van der Waals surface area contributed by atoms with Crippen molar-refractivity contribution in [2.24, 2.45) is 0 Å². The highest BCUT2D eigenvalue weighted by molar-refractivity contribution is 5.98. The SMILES string of the molecule is Cc1occc1CN(C)C(=O)c1cccc2c1OCCN2. The van der Waals surface area contributed by atoms with Crippen molar-refractivity contribution in [3.63, 3.8) is 0 Å². The van der Waals surface area contributed by atoms with Gasteiger partial charge in [0.2, 0.25) is 0 Å². The Bertz CT molecular complexity index is 663. The van der Waals surface area contributed by atoms with Gasteiger partial charge in [-0.25, -0.2) is 0 Å². The fourth-order valence-electron chi connectivity index (χ4n) is 2.45. The number of carbonyl (C=O) groups excluding carboxylic acids is 1. The molecule has 1 aliphatic heterocycles. The molecule has 21 heavy (non-hydrogen) atoms. The number of nitrogens with one attached hydrogen (secondary N) is 1. The summed E-state index contributed by atoms with van der Waals surface area (Å²) in [4.78, 5) is 14.3. The second-order valence-corrected chi connectivity index (χ2v) is 5.12. The molecule has 2 heterocycles. The van der Waals surface area contributed by atoms with E-state index in [0.29, 0.717) is 24.5 Å². The minimum Gasteiger partial charge on any atom is -0.489 e. The molecule has 0 radical (unpaired) electrons. The number of ether oxygens (including phenoxy) is 1. The summed E-state index contributed by atoms with van der Waals surface area (Å²) < 4.78 is 10.9. The van der Waals surface area contributed by atoms with Gasteiger partial charge in [0.25, 0.3) is 5.91 Å². The second kappa shape index (κ2) is 5.52. The van der Waals surface area contributed by atoms with Crippen LogP contribution in [0.15, 0.2) is 34.9 Å². The Balaban J connectivity index is 1.83. The predicted octanol–water partition coefficient (Wildman–Crippen LogP) is 2.66. The summed E-state index contributed by atoms with van der Waals surface area (Å²) in [7, 11) is 1.78. The number of anilines is 1. The van der Waals surface area contributed by atoms with Crippen LogP contribution in [-0.2, 0) is 6.54 Å². The summed E-state index contributed by atoms with van der Waals surface area (Å²) in [5, 5.41) is 3.24. The van der Waals surface area contributed by atoms with Crippen molar-refractivity contribution >= 4 is 11.6 Å². The Kier molecular flexibility index (Phi) is 3.56. The van der Waals surface area contributed by atoms with Crippen molar-refractivity contribution in [3.05, 3.63) is 47.4 Å². The van der Waals surface area contributed by atoms with Crippen LogP contribution in [0.1, 0.15) is 21.7 Å². The first kappa shape index (κ1) is 13.5. The molecule has 1 aromatic carbocycles. The fraction of sp³-hybridized carbons (Fsp3) is 0.312. The monoisotopic (exact) mass is 286 g/mol. The number of hydrogen-bond donors (Lipinski definition) is 1. The molecule has 5 heteroatoms. The fourth-order valence-corrected chi connectivity index (χ4v) is 2.45. The highest BCUT2D eigenvalue weighted by atomic mass is 16.5. The number of furan rings is 1. The number of para-hydroxylation sites is 1. The molecular formula is C16H18N2O3. The van der Waals surface area contributed by atoms with E-state index < -0.39 is 0 Å². The maximum absolute atomic E-state index is 12.6. The summed E-state index contributed by atoms with van der Waals surface area (Å²) in [5.41, 5.74) is 2.47. The van der Waals surface area contributed by atoms with Gasteiger partial charge in [0.15, 0.2) is 5.75 Å². The van der Waals surface area contributed by atoms with Gasteiger partial charge in [-0.2, -0.15) is 0 Å². The van der Waals surface area contributed by atoms with Gasteiger partial charge in [0.1, 0.15) is 12.4 Å². The Morgan fingerprint density at radius 1 is 1.38 bits per heavy atom. The second-order valence-electron chi connectivity index (χ2n) is 5.12. The standard InChI is InChI=1S/C16H18N2O3/c1-11-12(6-8-20-11)10-18(2)16(19)13-4-3-5-14-15(13)21-9-7-17-14/h3-6,8,17H,7,9-10H2,1-2H3. The topological polar surface area (TPSA) is 54.7 Å². The lowest BCUT2D eigenvalue weighted by Gasteiger charge is -2.23. The van der Waals surface area contributed by atoms with Gasteiger partial charge in [0, 0.05) is 25.7 Å². The highest BCUT2D eigenvalue weighted by Crippen LogP contribution is 2.32. The van der Waals surface area contributed by atoms with Crippen LogP contribution in [0.5, 0.6) is 5.75 Å². The third-order valence-electron chi connectivity index (χ3n) is 3.63. The van der Waals surface area contributed by atoms with Crippen LogP contribution in [0.3, 0.4) is 0 Å². The molecule has 1 aromatic heterocycles. The number of hydrogen-bond acceptors (Lipinski definition) is 4. The van der Waals surface area contributed by atoms with Crippen LogP contribution in [0, 0.1) is 6.92 Å². The molecule has 0 atom stereocenters. The van der Waals surface area contributed by atoms with Crippen LogP contribution in [0.4, 0.5) is 5.69 Å². The average Bonchev–Trinajstić information content (AvgIpc) is 2.91.